The predicted molar refractivity (Wildman–Crippen MR) is 61.1 cm³/mol. The number of hydrogen-bond donors (Lipinski definition) is 0. The van der Waals surface area contributed by atoms with E-state index in [0.29, 0.717) is 16.3 Å². The van der Waals surface area contributed by atoms with Gasteiger partial charge in [-0.1, -0.05) is 18.5 Å². The van der Waals surface area contributed by atoms with Gasteiger partial charge >= 0.3 is 0 Å². The van der Waals surface area contributed by atoms with Crippen molar-refractivity contribution in [3.8, 4) is 0 Å². The molecule has 0 aliphatic carbocycles. The first kappa shape index (κ1) is 11.0. The van der Waals surface area contributed by atoms with E-state index in [0.717, 1.165) is 12.0 Å². The molecule has 2 rings (SSSR count). The third-order valence-electron chi connectivity index (χ3n) is 2.52. The van der Waals surface area contributed by atoms with Gasteiger partial charge in [-0.2, -0.15) is 0 Å². The maximum absolute atomic E-state index is 13.1. The molecule has 1 aliphatic rings. The van der Waals surface area contributed by atoms with Crippen molar-refractivity contribution < 1.29 is 9.18 Å². The Hall–Kier alpha value is -0.540. The van der Waals surface area contributed by atoms with Crippen molar-refractivity contribution in [3.05, 3.63) is 34.1 Å². The van der Waals surface area contributed by atoms with Gasteiger partial charge in [0, 0.05) is 16.3 Å². The highest BCUT2D eigenvalue weighted by atomic mass is 35.5. The fourth-order valence-corrected chi connectivity index (χ4v) is 3.25. The van der Waals surface area contributed by atoms with Gasteiger partial charge in [-0.3, -0.25) is 4.79 Å². The molecule has 1 aromatic carbocycles. The molecule has 1 heterocycles. The third-order valence-corrected chi connectivity index (χ3v) is 4.26. The van der Waals surface area contributed by atoms with Crippen molar-refractivity contribution in [1.82, 2.24) is 0 Å². The van der Waals surface area contributed by atoms with Crippen LogP contribution in [0.5, 0.6) is 0 Å². The Morgan fingerprint density at radius 2 is 2.33 bits per heavy atom. The second kappa shape index (κ2) is 4.14. The van der Waals surface area contributed by atoms with Crippen LogP contribution >= 0.6 is 23.4 Å². The second-order valence-electron chi connectivity index (χ2n) is 3.49. The maximum atomic E-state index is 13.1. The predicted octanol–water partition coefficient (Wildman–Crippen LogP) is 3.69. The van der Waals surface area contributed by atoms with Crippen LogP contribution in [0.3, 0.4) is 0 Å². The molecule has 0 saturated carbocycles. The summed E-state index contributed by atoms with van der Waals surface area (Å²) in [7, 11) is 0. The van der Waals surface area contributed by atoms with Crippen LogP contribution in [0.25, 0.3) is 0 Å². The summed E-state index contributed by atoms with van der Waals surface area (Å²) in [6, 6.07) is 2.56. The van der Waals surface area contributed by atoms with E-state index in [1.54, 1.807) is 11.8 Å². The lowest BCUT2D eigenvalue weighted by atomic mass is 10.0. The van der Waals surface area contributed by atoms with Crippen molar-refractivity contribution >= 4 is 29.1 Å². The van der Waals surface area contributed by atoms with E-state index in [9.17, 15) is 9.18 Å². The topological polar surface area (TPSA) is 17.1 Å². The lowest BCUT2D eigenvalue weighted by Gasteiger charge is -2.22. The van der Waals surface area contributed by atoms with Crippen molar-refractivity contribution in [1.29, 1.82) is 0 Å². The van der Waals surface area contributed by atoms with Gasteiger partial charge in [0.2, 0.25) is 0 Å². The number of rotatable bonds is 1. The normalized spacial score (nSPS) is 20.2. The molecular formula is C11H10ClFOS. The number of ketones is 1. The quantitative estimate of drug-likeness (QED) is 0.750. The van der Waals surface area contributed by atoms with Gasteiger partial charge in [0.15, 0.2) is 5.78 Å². The van der Waals surface area contributed by atoms with Crippen molar-refractivity contribution in [2.24, 2.45) is 0 Å². The molecule has 0 bridgehead atoms. The van der Waals surface area contributed by atoms with Crippen LogP contribution in [0.4, 0.5) is 4.39 Å². The molecule has 1 atom stereocenters. The average molecular weight is 245 g/mol. The Bertz CT molecular complexity index is 419. The molecule has 0 saturated heterocycles. The molecule has 1 nitrogen and oxygen atoms in total. The van der Waals surface area contributed by atoms with E-state index >= 15 is 0 Å². The van der Waals surface area contributed by atoms with E-state index in [-0.39, 0.29) is 11.0 Å². The zero-order chi connectivity index (χ0) is 11.0. The second-order valence-corrected chi connectivity index (χ2v) is 5.08. The first-order valence-corrected chi connectivity index (χ1v) is 6.20. The largest absolute Gasteiger partial charge is 0.293 e. The fraction of sp³-hybridized carbons (Fsp3) is 0.364. The van der Waals surface area contributed by atoms with E-state index < -0.39 is 5.82 Å². The number of carbonyl (C=O) groups is 1. The highest BCUT2D eigenvalue weighted by Gasteiger charge is 2.28. The number of hydrogen-bond acceptors (Lipinski definition) is 2. The minimum atomic E-state index is -0.436. The molecule has 0 aromatic heterocycles. The molecule has 0 amide bonds. The Morgan fingerprint density at radius 3 is 3.00 bits per heavy atom. The Kier molecular flexibility index (Phi) is 3.03. The number of thioether (sulfide) groups is 1. The lowest BCUT2D eigenvalue weighted by Crippen LogP contribution is -2.23. The summed E-state index contributed by atoms with van der Waals surface area (Å²) in [6.07, 6.45) is 0.775. The number of halogens is 2. The van der Waals surface area contributed by atoms with Crippen LogP contribution < -0.4 is 0 Å². The Morgan fingerprint density at radius 1 is 1.60 bits per heavy atom. The molecule has 0 radical (unpaired) electrons. The molecule has 1 unspecified atom stereocenters. The lowest BCUT2D eigenvalue weighted by molar-refractivity contribution is 0.0985. The Labute approximate surface area is 97.0 Å². The van der Waals surface area contributed by atoms with E-state index in [4.69, 9.17) is 11.6 Å². The van der Waals surface area contributed by atoms with Crippen LogP contribution in [-0.4, -0.2) is 11.0 Å². The fourth-order valence-electron chi connectivity index (χ4n) is 1.71. The number of Topliss-reactive ketones (excluding diaryl/α,β-unsaturated/α-hetero) is 1. The first-order valence-electron chi connectivity index (χ1n) is 4.77. The van der Waals surface area contributed by atoms with Crippen LogP contribution in [0.2, 0.25) is 5.02 Å². The van der Waals surface area contributed by atoms with Gasteiger partial charge in [-0.05, 0) is 24.1 Å². The summed E-state index contributed by atoms with van der Waals surface area (Å²) < 4.78 is 13.1. The van der Waals surface area contributed by atoms with E-state index in [2.05, 4.69) is 0 Å². The molecular weight excluding hydrogens is 235 g/mol. The van der Waals surface area contributed by atoms with Crippen LogP contribution in [0.15, 0.2) is 12.1 Å². The van der Waals surface area contributed by atoms with E-state index in [1.807, 2.05) is 6.92 Å². The molecule has 0 fully saturated rings. The molecule has 80 valence electrons. The van der Waals surface area contributed by atoms with Crippen LogP contribution in [-0.2, 0) is 5.75 Å². The van der Waals surface area contributed by atoms with Gasteiger partial charge < -0.3 is 0 Å². The summed E-state index contributed by atoms with van der Waals surface area (Å²) in [6.45, 7) is 1.96. The first-order chi connectivity index (χ1) is 7.13. The molecule has 0 spiro atoms. The summed E-state index contributed by atoms with van der Waals surface area (Å²) in [5.74, 6) is 0.262. The monoisotopic (exact) mass is 244 g/mol. The zero-order valence-corrected chi connectivity index (χ0v) is 9.79. The molecule has 15 heavy (non-hydrogen) atoms. The Balaban J connectivity index is 2.51. The zero-order valence-electron chi connectivity index (χ0n) is 8.22. The standard InChI is InChI=1S/C11H10ClFOS/c1-2-10-11(14)7-3-6(13)4-9(12)8(7)5-15-10/h3-4,10H,2,5H2,1H3. The van der Waals surface area contributed by atoms with Crippen LogP contribution in [0, 0.1) is 5.82 Å². The SMILES string of the molecule is CCC1SCc2c(Cl)cc(F)cc2C1=O. The summed E-state index contributed by atoms with van der Waals surface area (Å²) in [5, 5.41) is 0.316. The van der Waals surface area contributed by atoms with Crippen molar-refractivity contribution in [3.63, 3.8) is 0 Å². The van der Waals surface area contributed by atoms with Crippen molar-refractivity contribution in [2.75, 3.05) is 0 Å². The molecule has 1 aliphatic heterocycles. The van der Waals surface area contributed by atoms with E-state index in [1.165, 1.54) is 12.1 Å². The molecule has 0 N–H and O–H groups in total. The van der Waals surface area contributed by atoms with Gasteiger partial charge in [0.05, 0.1) is 5.25 Å². The highest BCUT2D eigenvalue weighted by molar-refractivity contribution is 8.00. The maximum Gasteiger partial charge on any atom is 0.176 e. The number of carbonyl (C=O) groups excluding carboxylic acids is 1. The minimum Gasteiger partial charge on any atom is -0.293 e. The smallest absolute Gasteiger partial charge is 0.176 e. The highest BCUT2D eigenvalue weighted by Crippen LogP contribution is 2.35. The molecule has 1 aromatic rings. The molecule has 4 heteroatoms. The van der Waals surface area contributed by atoms with Crippen molar-refractivity contribution in [2.45, 2.75) is 24.3 Å². The number of fused-ring (bicyclic) bond motifs is 1. The minimum absolute atomic E-state index is 0.00477. The average Bonchev–Trinajstić information content (AvgIpc) is 2.19. The van der Waals surface area contributed by atoms with Gasteiger partial charge in [0.25, 0.3) is 0 Å². The van der Waals surface area contributed by atoms with Gasteiger partial charge in [-0.25, -0.2) is 4.39 Å². The van der Waals surface area contributed by atoms with Crippen LogP contribution in [0.1, 0.15) is 29.3 Å². The summed E-state index contributed by atoms with van der Waals surface area (Å²) in [5.41, 5.74) is 1.24. The summed E-state index contributed by atoms with van der Waals surface area (Å²) in [4.78, 5) is 11.9. The van der Waals surface area contributed by atoms with Gasteiger partial charge in [-0.15, -0.1) is 11.8 Å². The number of benzene rings is 1. The summed E-state index contributed by atoms with van der Waals surface area (Å²) >= 11 is 7.48. The third kappa shape index (κ3) is 1.91. The van der Waals surface area contributed by atoms with Gasteiger partial charge in [0.1, 0.15) is 5.82 Å².